The van der Waals surface area contributed by atoms with Gasteiger partial charge in [-0.15, -0.1) is 0 Å². The van der Waals surface area contributed by atoms with Crippen LogP contribution in [0, 0.1) is 13.8 Å². The number of piperidine rings is 2. The number of rotatable bonds is 8. The molecule has 2 aliphatic heterocycles. The lowest BCUT2D eigenvalue weighted by atomic mass is 10.1. The summed E-state index contributed by atoms with van der Waals surface area (Å²) in [4.78, 5) is 92.2. The molecule has 8 rings (SSSR count). The molecule has 314 valence electrons. The minimum atomic E-state index is -0.748. The molecule has 17 heteroatoms. The van der Waals surface area contributed by atoms with Gasteiger partial charge in [0.25, 0.3) is 11.1 Å². The Bertz CT molecular complexity index is 2760. The maximum Gasteiger partial charge on any atom is 0.264 e. The van der Waals surface area contributed by atoms with Crippen LogP contribution in [0.5, 0.6) is 11.5 Å². The van der Waals surface area contributed by atoms with Crippen molar-refractivity contribution in [3.05, 3.63) is 128 Å². The Morgan fingerprint density at radius 3 is 1.66 bits per heavy atom. The second-order valence-electron chi connectivity index (χ2n) is 14.1. The number of carbonyl (C=O) groups excluding carboxylic acids is 5. The maximum atomic E-state index is 13.4. The standard InChI is InChI=1S/C22H22N4O4.C14H14N4O3.C8H8O2/c1-13-24-17-5-3-4-16(23-12-14-6-8-15(30-2)9-7-14)20(17)22(29)26(13)18-10-11-19(27)25-21(18)28;1-7-16-9-4-2-3-8(15)12(9)14(21)18(7)10-5-6-11(19)17-13(10)20;1-10-8-4-2-7(6-9)3-5-8/h3-9,18,23H,10-12H2,1-2H3,(H,25,27,28);2-4,10H,5-6,15H2,1H3,(H,17,19,20);2-6H,1H3. The number of benzene rings is 4. The summed E-state index contributed by atoms with van der Waals surface area (Å²) in [5.74, 6) is 0.810. The van der Waals surface area contributed by atoms with Crippen LogP contribution in [-0.2, 0) is 25.7 Å². The third-order valence-corrected chi connectivity index (χ3v) is 10.2. The number of aldehydes is 1. The molecule has 6 aromatic rings. The number of anilines is 2. The molecule has 0 aliphatic carbocycles. The number of nitrogens with zero attached hydrogens (tertiary/aromatic N) is 4. The lowest BCUT2D eigenvalue weighted by Crippen LogP contribution is -2.45. The van der Waals surface area contributed by atoms with Crippen LogP contribution in [0.3, 0.4) is 0 Å². The molecule has 61 heavy (non-hydrogen) atoms. The second kappa shape index (κ2) is 18.9. The van der Waals surface area contributed by atoms with Crippen molar-refractivity contribution in [1.29, 1.82) is 0 Å². The largest absolute Gasteiger partial charge is 0.497 e. The Balaban J connectivity index is 0.000000173. The van der Waals surface area contributed by atoms with Gasteiger partial charge in [-0.3, -0.25) is 53.3 Å². The Morgan fingerprint density at radius 1 is 0.689 bits per heavy atom. The first kappa shape index (κ1) is 42.9. The Morgan fingerprint density at radius 2 is 1.16 bits per heavy atom. The molecule has 4 amide bonds. The predicted molar refractivity (Wildman–Crippen MR) is 227 cm³/mol. The van der Waals surface area contributed by atoms with E-state index in [9.17, 15) is 33.6 Å². The zero-order chi connectivity index (χ0) is 43.8. The molecule has 2 aromatic heterocycles. The van der Waals surface area contributed by atoms with Crippen LogP contribution in [-0.4, -0.2) is 63.2 Å². The number of hydrogen-bond donors (Lipinski definition) is 4. The van der Waals surface area contributed by atoms with Crippen LogP contribution in [0.25, 0.3) is 21.8 Å². The number of ether oxygens (including phenoxy) is 2. The van der Waals surface area contributed by atoms with E-state index in [0.29, 0.717) is 56.9 Å². The number of nitrogen functional groups attached to an aromatic ring is 1. The molecule has 0 saturated carbocycles. The molecule has 4 aromatic carbocycles. The summed E-state index contributed by atoms with van der Waals surface area (Å²) in [7, 11) is 3.21. The number of carbonyl (C=O) groups is 5. The van der Waals surface area contributed by atoms with Gasteiger partial charge in [-0.25, -0.2) is 9.97 Å². The number of imide groups is 2. The fourth-order valence-electron chi connectivity index (χ4n) is 7.09. The minimum Gasteiger partial charge on any atom is -0.497 e. The second-order valence-corrected chi connectivity index (χ2v) is 14.1. The van der Waals surface area contributed by atoms with E-state index in [1.54, 1.807) is 76.6 Å². The molecule has 4 heterocycles. The molecule has 17 nitrogen and oxygen atoms in total. The van der Waals surface area contributed by atoms with Crippen molar-refractivity contribution >= 4 is 63.1 Å². The number of aromatic nitrogens is 4. The summed E-state index contributed by atoms with van der Waals surface area (Å²) in [6, 6.07) is 23.6. The van der Waals surface area contributed by atoms with E-state index in [0.717, 1.165) is 23.3 Å². The number of amides is 4. The molecule has 2 saturated heterocycles. The topological polar surface area (TPSA) is 236 Å². The third kappa shape index (κ3) is 9.62. The number of hydrogen-bond acceptors (Lipinski definition) is 13. The van der Waals surface area contributed by atoms with Crippen molar-refractivity contribution in [2.24, 2.45) is 0 Å². The zero-order valence-corrected chi connectivity index (χ0v) is 33.9. The van der Waals surface area contributed by atoms with Gasteiger partial charge in [0.2, 0.25) is 23.6 Å². The molecule has 5 N–H and O–H groups in total. The fraction of sp³-hybridized carbons (Fsp3) is 0.250. The van der Waals surface area contributed by atoms with Crippen molar-refractivity contribution < 1.29 is 33.4 Å². The van der Waals surface area contributed by atoms with Crippen molar-refractivity contribution in [3.8, 4) is 11.5 Å². The highest BCUT2D eigenvalue weighted by Crippen LogP contribution is 2.25. The van der Waals surface area contributed by atoms with Gasteiger partial charge in [-0.1, -0.05) is 24.3 Å². The molecule has 2 aliphatic rings. The summed E-state index contributed by atoms with van der Waals surface area (Å²) in [5.41, 5.74) is 8.91. The normalized spacial score (nSPS) is 16.0. The predicted octanol–water partition coefficient (Wildman–Crippen LogP) is 4.08. The lowest BCUT2D eigenvalue weighted by Gasteiger charge is -2.24. The van der Waals surface area contributed by atoms with Crippen molar-refractivity contribution in [1.82, 2.24) is 29.7 Å². The summed E-state index contributed by atoms with van der Waals surface area (Å²) < 4.78 is 12.8. The first-order valence-corrected chi connectivity index (χ1v) is 19.3. The highest BCUT2D eigenvalue weighted by atomic mass is 16.5. The summed E-state index contributed by atoms with van der Waals surface area (Å²) in [5, 5.41) is 8.58. The first-order valence-electron chi connectivity index (χ1n) is 19.3. The van der Waals surface area contributed by atoms with Crippen LogP contribution < -0.4 is 42.3 Å². The van der Waals surface area contributed by atoms with E-state index in [1.165, 1.54) is 9.13 Å². The number of nitrogens with two attached hydrogens (primary N) is 1. The van der Waals surface area contributed by atoms with E-state index < -0.39 is 23.9 Å². The van der Waals surface area contributed by atoms with E-state index in [-0.39, 0.29) is 48.6 Å². The Labute approximate surface area is 348 Å². The SMILES string of the molecule is COc1ccc(C=O)cc1.COc1ccc(CNc2cccc3nc(C)n(C4CCC(=O)NC4=O)c(=O)c23)cc1.Cc1nc2cccc(N)c2c(=O)n1C1CCC(=O)NC1=O. The molecule has 2 unspecified atom stereocenters. The quantitative estimate of drug-likeness (QED) is 0.0963. The fourth-order valence-corrected chi connectivity index (χ4v) is 7.09. The molecule has 0 bridgehead atoms. The Hall–Kier alpha value is -7.69. The number of nitrogens with one attached hydrogen (secondary N) is 3. The molecule has 0 spiro atoms. The van der Waals surface area contributed by atoms with Gasteiger partial charge in [0.1, 0.15) is 41.5 Å². The molecular weight excluding hydrogens is 785 g/mol. The maximum absolute atomic E-state index is 13.4. The van der Waals surface area contributed by atoms with Crippen molar-refractivity contribution in [2.45, 2.75) is 58.2 Å². The van der Waals surface area contributed by atoms with Crippen LogP contribution in [0.4, 0.5) is 11.4 Å². The van der Waals surface area contributed by atoms with Gasteiger partial charge in [-0.05, 0) is 92.9 Å². The van der Waals surface area contributed by atoms with Crippen LogP contribution in [0.15, 0.2) is 94.5 Å². The summed E-state index contributed by atoms with van der Waals surface area (Å²) >= 11 is 0. The smallest absolute Gasteiger partial charge is 0.264 e. The molecule has 0 radical (unpaired) electrons. The third-order valence-electron chi connectivity index (χ3n) is 10.2. The molecule has 2 fully saturated rings. The van der Waals surface area contributed by atoms with Crippen LogP contribution in [0.2, 0.25) is 0 Å². The van der Waals surface area contributed by atoms with Gasteiger partial charge in [-0.2, -0.15) is 0 Å². The number of methoxy groups -OCH3 is 2. The highest BCUT2D eigenvalue weighted by molar-refractivity contribution is 6.00. The molecular formula is C44H44N8O9. The van der Waals surface area contributed by atoms with Crippen LogP contribution >= 0.6 is 0 Å². The van der Waals surface area contributed by atoms with Gasteiger partial charge in [0, 0.05) is 36.3 Å². The average molecular weight is 829 g/mol. The summed E-state index contributed by atoms with van der Waals surface area (Å²) in [6.07, 6.45) is 1.76. The lowest BCUT2D eigenvalue weighted by molar-refractivity contribution is -0.137. The average Bonchev–Trinajstić information content (AvgIpc) is 3.24. The minimum absolute atomic E-state index is 0.192. The summed E-state index contributed by atoms with van der Waals surface area (Å²) in [6.45, 7) is 3.87. The molecule has 2 atom stereocenters. The van der Waals surface area contributed by atoms with E-state index in [4.69, 9.17) is 15.2 Å². The van der Waals surface area contributed by atoms with E-state index in [1.807, 2.05) is 36.4 Å². The van der Waals surface area contributed by atoms with Crippen LogP contribution in [0.1, 0.15) is 65.3 Å². The highest BCUT2D eigenvalue weighted by Gasteiger charge is 2.32. The van der Waals surface area contributed by atoms with Crippen molar-refractivity contribution in [3.63, 3.8) is 0 Å². The van der Waals surface area contributed by atoms with Gasteiger partial charge < -0.3 is 20.5 Å². The zero-order valence-electron chi connectivity index (χ0n) is 33.9. The van der Waals surface area contributed by atoms with Gasteiger partial charge >= 0.3 is 0 Å². The van der Waals surface area contributed by atoms with Gasteiger partial charge in [0.05, 0.1) is 36.0 Å². The van der Waals surface area contributed by atoms with E-state index in [2.05, 4.69) is 25.9 Å². The van der Waals surface area contributed by atoms with Gasteiger partial charge in [0.15, 0.2) is 0 Å². The first-order chi connectivity index (χ1) is 29.3. The van der Waals surface area contributed by atoms with E-state index >= 15 is 0 Å². The number of aryl methyl sites for hydroxylation is 2. The van der Waals surface area contributed by atoms with Crippen molar-refractivity contribution in [2.75, 3.05) is 25.3 Å². The number of fused-ring (bicyclic) bond motifs is 2. The monoisotopic (exact) mass is 828 g/mol. The Kier molecular flexibility index (Phi) is 13.3.